The summed E-state index contributed by atoms with van der Waals surface area (Å²) >= 11 is 0. The van der Waals surface area contributed by atoms with E-state index in [0.717, 1.165) is 22.5 Å². The Morgan fingerprint density at radius 3 is 2.67 bits per heavy atom. The summed E-state index contributed by atoms with van der Waals surface area (Å²) in [4.78, 5) is 12.2. The highest BCUT2D eigenvalue weighted by Gasteiger charge is 2.11. The predicted octanol–water partition coefficient (Wildman–Crippen LogP) is 3.19. The fourth-order valence-corrected chi connectivity index (χ4v) is 2.06. The first-order valence-corrected chi connectivity index (χ1v) is 6.63. The van der Waals surface area contributed by atoms with Crippen molar-refractivity contribution in [1.82, 2.24) is 4.57 Å². The van der Waals surface area contributed by atoms with Gasteiger partial charge >= 0.3 is 0 Å². The molecule has 0 fully saturated rings. The monoisotopic (exact) mass is 279 g/mol. The number of aromatic nitrogens is 1. The summed E-state index contributed by atoms with van der Waals surface area (Å²) in [5.41, 5.74) is 3.71. The summed E-state index contributed by atoms with van der Waals surface area (Å²) in [5, 5.41) is 12.0. The molecule has 2 aromatic rings. The van der Waals surface area contributed by atoms with Crippen molar-refractivity contribution >= 4 is 17.7 Å². The van der Waals surface area contributed by atoms with Crippen molar-refractivity contribution in [3.63, 3.8) is 0 Å². The van der Waals surface area contributed by atoms with Crippen molar-refractivity contribution in [2.45, 2.75) is 13.8 Å². The summed E-state index contributed by atoms with van der Waals surface area (Å²) in [7, 11) is 1.86. The van der Waals surface area contributed by atoms with Gasteiger partial charge in [0.25, 0.3) is 5.91 Å². The minimum absolute atomic E-state index is 0.0803. The van der Waals surface area contributed by atoms with Gasteiger partial charge in [-0.05, 0) is 43.7 Å². The van der Waals surface area contributed by atoms with E-state index >= 15 is 0 Å². The van der Waals surface area contributed by atoms with Crippen molar-refractivity contribution in [2.75, 3.05) is 5.32 Å². The predicted molar refractivity (Wildman–Crippen MR) is 83.5 cm³/mol. The minimum atomic E-state index is -0.398. The highest BCUT2D eigenvalue weighted by atomic mass is 16.1. The van der Waals surface area contributed by atoms with Gasteiger partial charge in [0.15, 0.2) is 0 Å². The number of nitrogens with one attached hydrogen (secondary N) is 1. The van der Waals surface area contributed by atoms with Gasteiger partial charge in [0, 0.05) is 24.6 Å². The van der Waals surface area contributed by atoms with Crippen molar-refractivity contribution < 1.29 is 4.79 Å². The zero-order chi connectivity index (χ0) is 15.4. The molecule has 4 heteroatoms. The summed E-state index contributed by atoms with van der Waals surface area (Å²) < 4.78 is 1.85. The maximum Gasteiger partial charge on any atom is 0.266 e. The first-order chi connectivity index (χ1) is 10.0. The Labute approximate surface area is 124 Å². The maximum absolute atomic E-state index is 12.2. The highest BCUT2D eigenvalue weighted by Crippen LogP contribution is 2.17. The molecule has 0 aliphatic rings. The van der Waals surface area contributed by atoms with Crippen molar-refractivity contribution in [2.24, 2.45) is 7.05 Å². The van der Waals surface area contributed by atoms with E-state index in [1.165, 1.54) is 0 Å². The molecule has 0 spiro atoms. The van der Waals surface area contributed by atoms with Crippen LogP contribution in [0, 0.1) is 25.2 Å². The molecule has 1 aromatic carbocycles. The van der Waals surface area contributed by atoms with Crippen LogP contribution < -0.4 is 5.32 Å². The number of nitrogens with zero attached hydrogens (tertiary/aromatic N) is 2. The van der Waals surface area contributed by atoms with Crippen LogP contribution in [0.5, 0.6) is 0 Å². The lowest BCUT2D eigenvalue weighted by atomic mass is 10.1. The molecule has 0 aliphatic heterocycles. The van der Waals surface area contributed by atoms with Crippen LogP contribution in [0.3, 0.4) is 0 Å². The molecule has 21 heavy (non-hydrogen) atoms. The van der Waals surface area contributed by atoms with Crippen molar-refractivity contribution in [3.05, 3.63) is 58.9 Å². The lowest BCUT2D eigenvalue weighted by Crippen LogP contribution is -2.14. The molecule has 0 unspecified atom stereocenters. The van der Waals surface area contributed by atoms with E-state index in [4.69, 9.17) is 0 Å². The van der Waals surface area contributed by atoms with E-state index in [2.05, 4.69) is 5.32 Å². The summed E-state index contributed by atoms with van der Waals surface area (Å²) in [6, 6.07) is 11.4. The second-order valence-corrected chi connectivity index (χ2v) is 4.99. The highest BCUT2D eigenvalue weighted by molar-refractivity contribution is 6.09. The number of carbonyl (C=O) groups excluding carboxylic acids is 1. The van der Waals surface area contributed by atoms with Crippen LogP contribution in [0.25, 0.3) is 6.08 Å². The fourth-order valence-electron chi connectivity index (χ4n) is 2.06. The Bertz CT molecular complexity index is 748. The van der Waals surface area contributed by atoms with Crippen molar-refractivity contribution in [1.29, 1.82) is 5.26 Å². The van der Waals surface area contributed by atoms with Crippen LogP contribution in [0.15, 0.2) is 42.1 Å². The molecule has 1 N–H and O–H groups in total. The van der Waals surface area contributed by atoms with Gasteiger partial charge in [0.2, 0.25) is 0 Å². The van der Waals surface area contributed by atoms with Gasteiger partial charge in [0.05, 0.1) is 0 Å². The average molecular weight is 279 g/mol. The number of aryl methyl sites for hydroxylation is 3. The molecule has 106 valence electrons. The number of carbonyl (C=O) groups is 1. The first-order valence-electron chi connectivity index (χ1n) is 6.63. The van der Waals surface area contributed by atoms with E-state index < -0.39 is 5.91 Å². The summed E-state index contributed by atoms with van der Waals surface area (Å²) in [6.45, 7) is 3.92. The van der Waals surface area contributed by atoms with E-state index in [0.29, 0.717) is 0 Å². The Morgan fingerprint density at radius 1 is 1.33 bits per heavy atom. The smallest absolute Gasteiger partial charge is 0.266 e. The SMILES string of the molecule is Cc1ccc(NC(=O)/C(C#N)=C\c2cccn2C)c(C)c1. The van der Waals surface area contributed by atoms with Gasteiger partial charge in [-0.1, -0.05) is 17.7 Å². The number of nitriles is 1. The largest absolute Gasteiger partial charge is 0.351 e. The third kappa shape index (κ3) is 3.40. The number of hydrogen-bond acceptors (Lipinski definition) is 2. The number of benzene rings is 1. The zero-order valence-corrected chi connectivity index (χ0v) is 12.3. The van der Waals surface area contributed by atoms with Gasteiger partial charge in [0.1, 0.15) is 11.6 Å². The molecule has 1 aromatic heterocycles. The van der Waals surface area contributed by atoms with Crippen LogP contribution in [-0.4, -0.2) is 10.5 Å². The molecule has 0 aliphatic carbocycles. The quantitative estimate of drug-likeness (QED) is 0.693. The topological polar surface area (TPSA) is 57.8 Å². The molecule has 2 rings (SSSR count). The van der Waals surface area contributed by atoms with Gasteiger partial charge in [-0.2, -0.15) is 5.26 Å². The van der Waals surface area contributed by atoms with Crippen LogP contribution >= 0.6 is 0 Å². The van der Waals surface area contributed by atoms with Crippen molar-refractivity contribution in [3.8, 4) is 6.07 Å². The minimum Gasteiger partial charge on any atom is -0.351 e. The second-order valence-electron chi connectivity index (χ2n) is 4.99. The lowest BCUT2D eigenvalue weighted by molar-refractivity contribution is -0.112. The van der Waals surface area contributed by atoms with E-state index in [-0.39, 0.29) is 5.57 Å². The van der Waals surface area contributed by atoms with Crippen LogP contribution in [-0.2, 0) is 11.8 Å². The van der Waals surface area contributed by atoms with E-state index in [1.54, 1.807) is 6.08 Å². The molecule has 0 saturated carbocycles. The fraction of sp³-hybridized carbons (Fsp3) is 0.176. The Kier molecular flexibility index (Phi) is 4.24. The number of hydrogen-bond donors (Lipinski definition) is 1. The lowest BCUT2D eigenvalue weighted by Gasteiger charge is -2.08. The third-order valence-corrected chi connectivity index (χ3v) is 3.27. The van der Waals surface area contributed by atoms with E-state index in [9.17, 15) is 10.1 Å². The first kappa shape index (κ1) is 14.6. The molecule has 1 heterocycles. The molecule has 1 amide bonds. The molecule has 0 radical (unpaired) electrons. The number of amides is 1. The molecule has 4 nitrogen and oxygen atoms in total. The van der Waals surface area contributed by atoms with E-state index in [1.807, 2.05) is 68.1 Å². The van der Waals surface area contributed by atoms with Gasteiger partial charge < -0.3 is 9.88 Å². The summed E-state index contributed by atoms with van der Waals surface area (Å²) in [5.74, 6) is -0.398. The summed E-state index contributed by atoms with van der Waals surface area (Å²) in [6.07, 6.45) is 3.45. The maximum atomic E-state index is 12.2. The molecule has 0 atom stereocenters. The van der Waals surface area contributed by atoms with Gasteiger partial charge in [-0.25, -0.2) is 0 Å². The van der Waals surface area contributed by atoms with Crippen LogP contribution in [0.1, 0.15) is 16.8 Å². The Hall–Kier alpha value is -2.80. The zero-order valence-electron chi connectivity index (χ0n) is 12.3. The third-order valence-electron chi connectivity index (χ3n) is 3.27. The molecule has 0 saturated heterocycles. The van der Waals surface area contributed by atoms with Crippen LogP contribution in [0.2, 0.25) is 0 Å². The second kappa shape index (κ2) is 6.10. The number of anilines is 1. The molecular weight excluding hydrogens is 262 g/mol. The van der Waals surface area contributed by atoms with Gasteiger partial charge in [-0.3, -0.25) is 4.79 Å². The Balaban J connectivity index is 2.24. The normalized spacial score (nSPS) is 11.0. The molecular formula is C17H17N3O. The Morgan fingerprint density at radius 2 is 2.10 bits per heavy atom. The molecule has 0 bridgehead atoms. The van der Waals surface area contributed by atoms with Crippen LogP contribution in [0.4, 0.5) is 5.69 Å². The van der Waals surface area contributed by atoms with Gasteiger partial charge in [-0.15, -0.1) is 0 Å². The number of rotatable bonds is 3. The average Bonchev–Trinajstić information content (AvgIpc) is 2.84. The standard InChI is InChI=1S/C17H17N3O/c1-12-6-7-16(13(2)9-12)19-17(21)14(11-18)10-15-5-4-8-20(15)3/h4-10H,1-3H3,(H,19,21)/b14-10-.